The Balaban J connectivity index is 4.00. The predicted molar refractivity (Wildman–Crippen MR) is 288 cm³/mol. The summed E-state index contributed by atoms with van der Waals surface area (Å²) in [6.45, 7) is 6.50. The van der Waals surface area contributed by atoms with Gasteiger partial charge in [0, 0.05) is 19.3 Å². The van der Waals surface area contributed by atoms with Gasteiger partial charge in [0.2, 0.25) is 0 Å². The van der Waals surface area contributed by atoms with Gasteiger partial charge in [-0.05, 0) is 64.2 Å². The smallest absolute Gasteiger partial charge is 0.306 e. The summed E-state index contributed by atoms with van der Waals surface area (Å²) in [6, 6.07) is 0. The lowest BCUT2D eigenvalue weighted by Crippen LogP contribution is -2.30. The molecule has 0 bridgehead atoms. The first-order valence-corrected chi connectivity index (χ1v) is 28.8. The van der Waals surface area contributed by atoms with E-state index >= 15 is 0 Å². The number of unbranched alkanes of at least 4 members (excludes halogenated alkanes) is 31. The van der Waals surface area contributed by atoms with E-state index in [4.69, 9.17) is 14.2 Å². The van der Waals surface area contributed by atoms with Gasteiger partial charge in [0.25, 0.3) is 0 Å². The van der Waals surface area contributed by atoms with Crippen LogP contribution < -0.4 is 0 Å². The zero-order chi connectivity index (χ0) is 48.6. The molecule has 0 aromatic heterocycles. The van der Waals surface area contributed by atoms with Crippen LogP contribution in [0.5, 0.6) is 0 Å². The summed E-state index contributed by atoms with van der Waals surface area (Å²) in [6.07, 6.45) is 69.6. The van der Waals surface area contributed by atoms with Crippen LogP contribution in [0.15, 0.2) is 60.8 Å². The highest BCUT2D eigenvalue weighted by molar-refractivity contribution is 5.71. The van der Waals surface area contributed by atoms with Crippen LogP contribution >= 0.6 is 0 Å². The summed E-state index contributed by atoms with van der Waals surface area (Å²) < 4.78 is 16.8. The monoisotopic (exact) mass is 937 g/mol. The van der Waals surface area contributed by atoms with Crippen molar-refractivity contribution < 1.29 is 28.6 Å². The third-order valence-electron chi connectivity index (χ3n) is 12.5. The van der Waals surface area contributed by atoms with Gasteiger partial charge in [-0.25, -0.2) is 0 Å². The highest BCUT2D eigenvalue weighted by Gasteiger charge is 2.19. The summed E-state index contributed by atoms with van der Waals surface area (Å²) in [4.78, 5) is 37.8. The SMILES string of the molecule is CC/C=C\C/C=C\C/C=C\C/C=C\C/C=C\CCCCCCCCCCCCCCCCCC(=O)OCC(COC(=O)CCCCCCCCCC)OC(=O)CCCCCCCCCCCC. The molecule has 6 nitrogen and oxygen atoms in total. The second-order valence-electron chi connectivity index (χ2n) is 19.2. The van der Waals surface area contributed by atoms with Crippen LogP contribution in [0.2, 0.25) is 0 Å². The Morgan fingerprint density at radius 1 is 0.313 bits per heavy atom. The van der Waals surface area contributed by atoms with Crippen LogP contribution in [-0.4, -0.2) is 37.2 Å². The summed E-state index contributed by atoms with van der Waals surface area (Å²) in [5, 5.41) is 0. The second kappa shape index (κ2) is 55.7. The lowest BCUT2D eigenvalue weighted by molar-refractivity contribution is -0.167. The van der Waals surface area contributed by atoms with Crippen LogP contribution in [0, 0.1) is 0 Å². The molecule has 0 saturated heterocycles. The van der Waals surface area contributed by atoms with Crippen LogP contribution in [0.1, 0.15) is 290 Å². The lowest BCUT2D eigenvalue weighted by atomic mass is 10.0. The van der Waals surface area contributed by atoms with E-state index in [1.54, 1.807) is 0 Å². The maximum Gasteiger partial charge on any atom is 0.306 e. The third-order valence-corrected chi connectivity index (χ3v) is 12.5. The molecule has 0 fully saturated rings. The van der Waals surface area contributed by atoms with E-state index in [1.807, 2.05) is 0 Å². The maximum atomic E-state index is 12.7. The quantitative estimate of drug-likeness (QED) is 0.0262. The van der Waals surface area contributed by atoms with Crippen LogP contribution in [0.25, 0.3) is 0 Å². The Bertz CT molecular complexity index is 1210. The Morgan fingerprint density at radius 3 is 0.910 bits per heavy atom. The number of rotatable bonds is 52. The predicted octanol–water partition coefficient (Wildman–Crippen LogP) is 19.2. The minimum atomic E-state index is -0.765. The zero-order valence-corrected chi connectivity index (χ0v) is 44.4. The minimum Gasteiger partial charge on any atom is -0.462 e. The Hall–Kier alpha value is -2.89. The van der Waals surface area contributed by atoms with Crippen molar-refractivity contribution >= 4 is 17.9 Å². The normalized spacial score (nSPS) is 12.5. The van der Waals surface area contributed by atoms with Crippen molar-refractivity contribution in [2.75, 3.05) is 13.2 Å². The van der Waals surface area contributed by atoms with Crippen molar-refractivity contribution in [1.29, 1.82) is 0 Å². The van der Waals surface area contributed by atoms with Gasteiger partial charge in [-0.15, -0.1) is 0 Å². The first-order chi connectivity index (χ1) is 33.0. The van der Waals surface area contributed by atoms with Gasteiger partial charge < -0.3 is 14.2 Å². The average molecular weight is 938 g/mol. The van der Waals surface area contributed by atoms with Crippen molar-refractivity contribution in [2.45, 2.75) is 297 Å². The number of hydrogen-bond donors (Lipinski definition) is 0. The summed E-state index contributed by atoms with van der Waals surface area (Å²) in [5.74, 6) is -0.865. The molecule has 67 heavy (non-hydrogen) atoms. The number of ether oxygens (including phenoxy) is 3. The van der Waals surface area contributed by atoms with E-state index in [2.05, 4.69) is 81.5 Å². The summed E-state index contributed by atoms with van der Waals surface area (Å²) in [7, 11) is 0. The number of carbonyl (C=O) groups excluding carboxylic acids is 3. The van der Waals surface area contributed by atoms with Gasteiger partial charge in [0.15, 0.2) is 6.10 Å². The van der Waals surface area contributed by atoms with Crippen LogP contribution in [-0.2, 0) is 28.6 Å². The molecule has 0 aromatic carbocycles. The summed E-state index contributed by atoms with van der Waals surface area (Å²) in [5.41, 5.74) is 0. The topological polar surface area (TPSA) is 78.9 Å². The van der Waals surface area contributed by atoms with Crippen molar-refractivity contribution in [3.05, 3.63) is 60.8 Å². The number of esters is 3. The molecule has 6 heteroatoms. The molecule has 0 saturated carbocycles. The second-order valence-corrected chi connectivity index (χ2v) is 19.2. The van der Waals surface area contributed by atoms with E-state index in [9.17, 15) is 14.4 Å². The van der Waals surface area contributed by atoms with Crippen molar-refractivity contribution in [3.8, 4) is 0 Å². The Kier molecular flexibility index (Phi) is 53.3. The Morgan fingerprint density at radius 2 is 0.582 bits per heavy atom. The van der Waals surface area contributed by atoms with Gasteiger partial charge in [-0.1, -0.05) is 268 Å². The molecule has 0 heterocycles. The van der Waals surface area contributed by atoms with Gasteiger partial charge in [-0.3, -0.25) is 14.4 Å². The lowest BCUT2D eigenvalue weighted by Gasteiger charge is -2.18. The molecule has 0 radical (unpaired) electrons. The van der Waals surface area contributed by atoms with Crippen molar-refractivity contribution in [2.24, 2.45) is 0 Å². The van der Waals surface area contributed by atoms with Crippen molar-refractivity contribution in [1.82, 2.24) is 0 Å². The molecular formula is C61H108O6. The maximum absolute atomic E-state index is 12.7. The van der Waals surface area contributed by atoms with Crippen LogP contribution in [0.3, 0.4) is 0 Å². The fourth-order valence-corrected chi connectivity index (χ4v) is 8.24. The average Bonchev–Trinajstić information content (AvgIpc) is 3.33. The molecule has 1 unspecified atom stereocenters. The first kappa shape index (κ1) is 64.1. The number of hydrogen-bond acceptors (Lipinski definition) is 6. The minimum absolute atomic E-state index is 0.0691. The Labute approximate surface area is 415 Å². The highest BCUT2D eigenvalue weighted by atomic mass is 16.6. The van der Waals surface area contributed by atoms with E-state index in [0.29, 0.717) is 19.3 Å². The molecular weight excluding hydrogens is 829 g/mol. The first-order valence-electron chi connectivity index (χ1n) is 28.8. The van der Waals surface area contributed by atoms with E-state index in [1.165, 1.54) is 161 Å². The molecule has 0 aliphatic rings. The third kappa shape index (κ3) is 53.9. The van der Waals surface area contributed by atoms with Gasteiger partial charge in [0.05, 0.1) is 0 Å². The van der Waals surface area contributed by atoms with Crippen molar-refractivity contribution in [3.63, 3.8) is 0 Å². The molecule has 0 aliphatic carbocycles. The summed E-state index contributed by atoms with van der Waals surface area (Å²) >= 11 is 0. The van der Waals surface area contributed by atoms with Crippen LogP contribution in [0.4, 0.5) is 0 Å². The molecule has 0 spiro atoms. The molecule has 1 atom stereocenters. The molecule has 0 aromatic rings. The molecule has 0 aliphatic heterocycles. The number of carbonyl (C=O) groups is 3. The van der Waals surface area contributed by atoms with E-state index in [0.717, 1.165) is 89.9 Å². The highest BCUT2D eigenvalue weighted by Crippen LogP contribution is 2.16. The molecule has 388 valence electrons. The van der Waals surface area contributed by atoms with E-state index in [-0.39, 0.29) is 31.1 Å². The molecule has 0 amide bonds. The van der Waals surface area contributed by atoms with Gasteiger partial charge in [0.1, 0.15) is 13.2 Å². The molecule has 0 N–H and O–H groups in total. The largest absolute Gasteiger partial charge is 0.462 e. The fraction of sp³-hybridized carbons (Fsp3) is 0.787. The standard InChI is InChI=1S/C61H108O6/c1-4-7-10-13-16-19-21-22-23-24-25-26-27-28-29-30-31-32-33-34-35-36-37-38-39-40-41-43-45-48-51-54-60(63)66-57-58(56-65-59(62)53-50-47-44-18-15-12-9-6-3)67-61(64)55-52-49-46-42-20-17-14-11-8-5-2/h7,10,16,19,22-23,25-26,28-29,58H,4-6,8-9,11-15,17-18,20-21,24,27,30-57H2,1-3H3/b10-7-,19-16-,23-22-,26-25-,29-28-. The number of allylic oxidation sites excluding steroid dienone is 10. The fourth-order valence-electron chi connectivity index (χ4n) is 8.24. The zero-order valence-electron chi connectivity index (χ0n) is 44.4. The van der Waals surface area contributed by atoms with Gasteiger partial charge in [-0.2, -0.15) is 0 Å². The van der Waals surface area contributed by atoms with E-state index < -0.39 is 6.10 Å². The van der Waals surface area contributed by atoms with Gasteiger partial charge >= 0.3 is 17.9 Å². The molecule has 0 rings (SSSR count).